The van der Waals surface area contributed by atoms with Crippen molar-refractivity contribution < 1.29 is 24.1 Å². The number of nitriles is 1. The number of rotatable bonds is 4. The van der Waals surface area contributed by atoms with E-state index in [0.717, 1.165) is 66.5 Å². The third-order valence-corrected chi connectivity index (χ3v) is 8.29. The number of carbonyl (C=O) groups is 1. The van der Waals surface area contributed by atoms with Crippen LogP contribution in [0.1, 0.15) is 63.5 Å². The molecule has 0 saturated carbocycles. The number of ether oxygens (including phenoxy) is 3. The van der Waals surface area contributed by atoms with Crippen LogP contribution in [0.3, 0.4) is 0 Å². The van der Waals surface area contributed by atoms with Crippen LogP contribution >= 0.6 is 0 Å². The molecule has 2 aliphatic rings. The van der Waals surface area contributed by atoms with Gasteiger partial charge in [-0.15, -0.1) is 0 Å². The van der Waals surface area contributed by atoms with Crippen molar-refractivity contribution >= 4 is 17.0 Å². The van der Waals surface area contributed by atoms with Gasteiger partial charge in [0.05, 0.1) is 40.8 Å². The maximum absolute atomic E-state index is 11.7. The van der Waals surface area contributed by atoms with Gasteiger partial charge in [-0.25, -0.2) is 14.8 Å². The zero-order chi connectivity index (χ0) is 32.0. The number of carboxylic acids is 1. The van der Waals surface area contributed by atoms with Gasteiger partial charge in [0, 0.05) is 38.3 Å². The van der Waals surface area contributed by atoms with Gasteiger partial charge in [-0.05, 0) is 79.6 Å². The molecule has 1 fully saturated rings. The number of methoxy groups -OCH3 is 1. The lowest BCUT2D eigenvalue weighted by Crippen LogP contribution is -2.09. The maximum atomic E-state index is 11.7. The zero-order valence-corrected chi connectivity index (χ0v) is 26.0. The summed E-state index contributed by atoms with van der Waals surface area (Å²) in [7, 11) is 3.42. The van der Waals surface area contributed by atoms with E-state index in [4.69, 9.17) is 29.2 Å². The van der Waals surface area contributed by atoms with Crippen LogP contribution in [0.4, 0.5) is 0 Å². The summed E-state index contributed by atoms with van der Waals surface area (Å²) in [5.41, 5.74) is 7.77. The minimum atomic E-state index is -1.02. The SMILES string of the molecule is C1COC1.COc1cc(C(=O)O)cc2c1nc(Cc1ccc3cc1CCCCc1nc(ccc1C#N)COc1cccc-3n1)n2C. The summed E-state index contributed by atoms with van der Waals surface area (Å²) in [5.74, 6) is 0.731. The van der Waals surface area contributed by atoms with Crippen molar-refractivity contribution in [3.63, 3.8) is 0 Å². The molecule has 0 amide bonds. The number of imidazole rings is 1. The average Bonchev–Trinajstić information content (AvgIpc) is 3.35. The number of aryl methyl sites for hydroxylation is 3. The molecule has 0 unspecified atom stereocenters. The monoisotopic (exact) mass is 617 g/mol. The zero-order valence-electron chi connectivity index (χ0n) is 26.0. The molecule has 46 heavy (non-hydrogen) atoms. The minimum Gasteiger partial charge on any atom is -0.494 e. The molecule has 0 atom stereocenters. The fourth-order valence-electron chi connectivity index (χ4n) is 5.58. The Morgan fingerprint density at radius 2 is 1.83 bits per heavy atom. The summed E-state index contributed by atoms with van der Waals surface area (Å²) in [6, 6.07) is 21.2. The predicted molar refractivity (Wildman–Crippen MR) is 172 cm³/mol. The second kappa shape index (κ2) is 13.8. The first-order chi connectivity index (χ1) is 22.4. The number of carboxylic acid groups (broad SMARTS) is 1. The van der Waals surface area contributed by atoms with Gasteiger partial charge >= 0.3 is 5.97 Å². The van der Waals surface area contributed by atoms with Gasteiger partial charge in [0.1, 0.15) is 29.8 Å². The first-order valence-electron chi connectivity index (χ1n) is 15.4. The molecule has 0 spiro atoms. The highest BCUT2D eigenvalue weighted by Crippen LogP contribution is 2.30. The highest BCUT2D eigenvalue weighted by Gasteiger charge is 2.18. The van der Waals surface area contributed by atoms with Crippen molar-refractivity contribution in [3.05, 3.63) is 100 Å². The van der Waals surface area contributed by atoms with Crippen LogP contribution in [0.2, 0.25) is 0 Å². The van der Waals surface area contributed by atoms with E-state index in [2.05, 4.69) is 24.3 Å². The molecule has 234 valence electrons. The number of aromatic nitrogens is 4. The van der Waals surface area contributed by atoms with Gasteiger partial charge in [-0.1, -0.05) is 18.2 Å². The van der Waals surface area contributed by atoms with E-state index >= 15 is 0 Å². The van der Waals surface area contributed by atoms with Crippen molar-refractivity contribution in [2.75, 3.05) is 20.3 Å². The molecule has 3 aromatic heterocycles. The molecule has 5 heterocycles. The first-order valence-corrected chi connectivity index (χ1v) is 15.4. The Morgan fingerprint density at radius 3 is 2.57 bits per heavy atom. The van der Waals surface area contributed by atoms with E-state index < -0.39 is 5.97 Å². The molecule has 2 aromatic carbocycles. The second-order valence-corrected chi connectivity index (χ2v) is 11.3. The van der Waals surface area contributed by atoms with Gasteiger partial charge in [0.25, 0.3) is 0 Å². The fourth-order valence-corrected chi connectivity index (χ4v) is 5.58. The number of pyridine rings is 2. The van der Waals surface area contributed by atoms with Crippen LogP contribution in [0, 0.1) is 11.3 Å². The van der Waals surface area contributed by atoms with Crippen molar-refractivity contribution in [1.29, 1.82) is 5.26 Å². The number of nitrogens with zero attached hydrogens (tertiary/aromatic N) is 5. The lowest BCUT2D eigenvalue weighted by molar-refractivity contribution is 0.0367. The van der Waals surface area contributed by atoms with E-state index in [1.807, 2.05) is 41.9 Å². The summed E-state index contributed by atoms with van der Waals surface area (Å²) in [4.78, 5) is 26.0. The van der Waals surface area contributed by atoms with Crippen LogP contribution < -0.4 is 9.47 Å². The lowest BCUT2D eigenvalue weighted by Gasteiger charge is -2.13. The Kier molecular flexibility index (Phi) is 9.22. The molecule has 10 nitrogen and oxygen atoms in total. The molecule has 1 N–H and O–H groups in total. The Labute approximate surface area is 267 Å². The summed E-state index contributed by atoms with van der Waals surface area (Å²) in [5, 5.41) is 19.2. The van der Waals surface area contributed by atoms with E-state index in [1.54, 1.807) is 6.07 Å². The van der Waals surface area contributed by atoms with E-state index in [-0.39, 0.29) is 12.2 Å². The van der Waals surface area contributed by atoms with Crippen LogP contribution in [0.5, 0.6) is 11.6 Å². The normalized spacial score (nSPS) is 13.9. The molecule has 1 saturated heterocycles. The predicted octanol–water partition coefficient (Wildman–Crippen LogP) is 6.06. The second-order valence-electron chi connectivity index (χ2n) is 11.3. The number of aromatic carboxylic acids is 1. The fraction of sp³-hybridized carbons (Fsp3) is 0.306. The van der Waals surface area contributed by atoms with Crippen molar-refractivity contribution in [3.8, 4) is 29.0 Å². The van der Waals surface area contributed by atoms with Crippen LogP contribution in [-0.2, 0) is 37.7 Å². The van der Waals surface area contributed by atoms with Gasteiger partial charge in [-0.2, -0.15) is 5.26 Å². The largest absolute Gasteiger partial charge is 0.494 e. The molecule has 0 radical (unpaired) electrons. The molecule has 5 aromatic rings. The van der Waals surface area contributed by atoms with E-state index in [0.29, 0.717) is 41.1 Å². The highest BCUT2D eigenvalue weighted by molar-refractivity contribution is 5.95. The highest BCUT2D eigenvalue weighted by atomic mass is 16.5. The Morgan fingerprint density at radius 1 is 1.02 bits per heavy atom. The molecular formula is C36H35N5O5. The van der Waals surface area contributed by atoms with E-state index in [9.17, 15) is 15.2 Å². The van der Waals surface area contributed by atoms with Crippen LogP contribution in [0.25, 0.3) is 22.3 Å². The number of hydrogen-bond donors (Lipinski definition) is 1. The summed E-state index contributed by atoms with van der Waals surface area (Å²) < 4.78 is 18.1. The molecule has 6 bridgehead atoms. The number of hydrogen-bond acceptors (Lipinski definition) is 8. The summed E-state index contributed by atoms with van der Waals surface area (Å²) >= 11 is 0. The van der Waals surface area contributed by atoms with Gasteiger partial charge < -0.3 is 23.9 Å². The number of fused-ring (bicyclic) bond motifs is 8. The topological polar surface area (TPSA) is 132 Å². The van der Waals surface area contributed by atoms with Crippen molar-refractivity contribution in [2.45, 2.75) is 45.1 Å². The number of benzene rings is 2. The third-order valence-electron chi connectivity index (χ3n) is 8.29. The molecular weight excluding hydrogens is 582 g/mol. The molecule has 10 heteroatoms. The smallest absolute Gasteiger partial charge is 0.335 e. The van der Waals surface area contributed by atoms with E-state index in [1.165, 1.54) is 25.2 Å². The third kappa shape index (κ3) is 6.70. The first kappa shape index (κ1) is 30.7. The van der Waals surface area contributed by atoms with Crippen LogP contribution in [0.15, 0.2) is 60.7 Å². The molecule has 0 aliphatic carbocycles. The Bertz CT molecular complexity index is 1940. The Hall–Kier alpha value is -5.27. The van der Waals surface area contributed by atoms with Gasteiger partial charge in [-0.3, -0.25) is 4.98 Å². The molecule has 7 rings (SSSR count). The van der Waals surface area contributed by atoms with Crippen molar-refractivity contribution in [1.82, 2.24) is 19.5 Å². The molecule has 2 aliphatic heterocycles. The standard InChI is InChI=1S/C33H29N5O4.C3H6O/c1-38-28-15-24(33(39)40)16-29(41-2)32(28)37-30(38)17-21-10-11-22-14-20(21)6-3-4-7-27-23(18-34)12-13-25(35-27)19-42-31-9-5-8-26(22)36-31;1-2-4-3-1/h5,8-16H,3-4,6-7,17,19H2,1-2H3,(H,39,40);1-3H2. The van der Waals surface area contributed by atoms with Gasteiger partial charge in [0.2, 0.25) is 5.88 Å². The summed E-state index contributed by atoms with van der Waals surface area (Å²) in [6.45, 7) is 2.27. The maximum Gasteiger partial charge on any atom is 0.335 e. The Balaban J connectivity index is 0.000000863. The van der Waals surface area contributed by atoms with Crippen molar-refractivity contribution in [2.24, 2.45) is 7.05 Å². The summed E-state index contributed by atoms with van der Waals surface area (Å²) in [6.07, 6.45) is 5.16. The lowest BCUT2D eigenvalue weighted by atomic mass is 9.95. The minimum absolute atomic E-state index is 0.154. The van der Waals surface area contributed by atoms with Gasteiger partial charge in [0.15, 0.2) is 0 Å². The average molecular weight is 618 g/mol. The quantitative estimate of drug-likeness (QED) is 0.255. The van der Waals surface area contributed by atoms with Crippen LogP contribution in [-0.4, -0.2) is 50.9 Å².